The molecule has 0 bridgehead atoms. The Bertz CT molecular complexity index is 418. The summed E-state index contributed by atoms with van der Waals surface area (Å²) < 4.78 is 0. The van der Waals surface area contributed by atoms with Gasteiger partial charge in [-0.2, -0.15) is 12.6 Å². The fraction of sp³-hybridized carbons (Fsp3) is 0.533. The number of nitrogens with zero attached hydrogens (tertiary/aromatic N) is 2. The molecule has 5 heteroatoms. The summed E-state index contributed by atoms with van der Waals surface area (Å²) in [6, 6.07) is 10.3. The summed E-state index contributed by atoms with van der Waals surface area (Å²) in [5, 5.41) is 3.09. The van der Waals surface area contributed by atoms with Crippen LogP contribution >= 0.6 is 12.6 Å². The van der Waals surface area contributed by atoms with Crippen molar-refractivity contribution in [3.63, 3.8) is 0 Å². The highest BCUT2D eigenvalue weighted by Crippen LogP contribution is 2.06. The third-order valence-electron chi connectivity index (χ3n) is 3.66. The first-order chi connectivity index (χ1) is 9.69. The fourth-order valence-corrected chi connectivity index (χ4v) is 2.56. The molecule has 0 aliphatic carbocycles. The highest BCUT2D eigenvalue weighted by molar-refractivity contribution is 7.80. The second-order valence-corrected chi connectivity index (χ2v) is 5.67. The van der Waals surface area contributed by atoms with Crippen LogP contribution in [-0.2, 0) is 6.42 Å². The summed E-state index contributed by atoms with van der Waals surface area (Å²) in [6.07, 6.45) is 0.823. The Morgan fingerprint density at radius 2 is 1.90 bits per heavy atom. The zero-order valence-corrected chi connectivity index (χ0v) is 12.9. The van der Waals surface area contributed by atoms with Crippen molar-refractivity contribution in [1.29, 1.82) is 0 Å². The van der Waals surface area contributed by atoms with Gasteiger partial charge in [0.15, 0.2) is 0 Å². The van der Waals surface area contributed by atoms with E-state index in [4.69, 9.17) is 0 Å². The van der Waals surface area contributed by atoms with Gasteiger partial charge < -0.3 is 15.1 Å². The first-order valence-electron chi connectivity index (χ1n) is 7.08. The van der Waals surface area contributed by atoms with Crippen molar-refractivity contribution in [2.24, 2.45) is 0 Å². The first kappa shape index (κ1) is 15.2. The van der Waals surface area contributed by atoms with E-state index >= 15 is 0 Å². The topological polar surface area (TPSA) is 35.6 Å². The van der Waals surface area contributed by atoms with Gasteiger partial charge in [0.2, 0.25) is 0 Å². The number of carbonyl (C=O) groups excluding carboxylic acids is 1. The minimum Gasteiger partial charge on any atom is -0.334 e. The molecule has 2 amide bonds. The molecular formula is C15H23N3OS. The maximum Gasteiger partial charge on any atom is 0.317 e. The van der Waals surface area contributed by atoms with Gasteiger partial charge in [0.25, 0.3) is 0 Å². The predicted molar refractivity (Wildman–Crippen MR) is 85.4 cm³/mol. The number of hydrogen-bond donors (Lipinski definition) is 2. The number of thiol groups is 1. The molecular weight excluding hydrogens is 270 g/mol. The molecule has 0 spiro atoms. The van der Waals surface area contributed by atoms with Crippen LogP contribution in [0.5, 0.6) is 0 Å². The Labute approximate surface area is 126 Å². The summed E-state index contributed by atoms with van der Waals surface area (Å²) >= 11 is 4.36. The van der Waals surface area contributed by atoms with Gasteiger partial charge >= 0.3 is 6.03 Å². The van der Waals surface area contributed by atoms with E-state index in [1.807, 2.05) is 23.1 Å². The van der Waals surface area contributed by atoms with Crippen LogP contribution in [-0.4, -0.2) is 60.9 Å². The molecule has 20 heavy (non-hydrogen) atoms. The lowest BCUT2D eigenvalue weighted by Crippen LogP contribution is -2.53. The SMILES string of the molecule is CN1CCN(C(=O)N[C@H](CS)Cc2ccccc2)CC1. The molecule has 1 heterocycles. The van der Waals surface area contributed by atoms with Crippen molar-refractivity contribution in [2.45, 2.75) is 12.5 Å². The molecule has 1 aromatic rings. The summed E-state index contributed by atoms with van der Waals surface area (Å²) in [4.78, 5) is 16.4. The van der Waals surface area contributed by atoms with E-state index in [-0.39, 0.29) is 12.1 Å². The zero-order chi connectivity index (χ0) is 14.4. The molecule has 1 aliphatic rings. The Morgan fingerprint density at radius 1 is 1.25 bits per heavy atom. The molecule has 1 atom stereocenters. The maximum atomic E-state index is 12.2. The van der Waals surface area contributed by atoms with Gasteiger partial charge in [0.05, 0.1) is 0 Å². The van der Waals surface area contributed by atoms with E-state index in [1.165, 1.54) is 5.56 Å². The zero-order valence-electron chi connectivity index (χ0n) is 12.0. The van der Waals surface area contributed by atoms with Gasteiger partial charge in [-0.05, 0) is 19.0 Å². The maximum absolute atomic E-state index is 12.2. The van der Waals surface area contributed by atoms with Crippen molar-refractivity contribution in [2.75, 3.05) is 39.0 Å². The Hall–Kier alpha value is -1.20. The number of rotatable bonds is 4. The Morgan fingerprint density at radius 3 is 2.50 bits per heavy atom. The van der Waals surface area contributed by atoms with Crippen molar-refractivity contribution in [3.05, 3.63) is 35.9 Å². The van der Waals surface area contributed by atoms with Gasteiger partial charge in [0.1, 0.15) is 0 Å². The molecule has 2 rings (SSSR count). The smallest absolute Gasteiger partial charge is 0.317 e. The predicted octanol–water partition coefficient (Wildman–Crippen LogP) is 1.48. The summed E-state index contributed by atoms with van der Waals surface area (Å²) in [5.74, 6) is 0.647. The van der Waals surface area contributed by atoms with Crippen LogP contribution in [0.25, 0.3) is 0 Å². The minimum atomic E-state index is 0.0353. The van der Waals surface area contributed by atoms with E-state index < -0.39 is 0 Å². The Kier molecular flexibility index (Phi) is 5.73. The standard InChI is InChI=1S/C15H23N3OS/c1-17-7-9-18(10-8-17)15(19)16-14(12-20)11-13-5-3-2-4-6-13/h2-6,14,20H,7-12H2,1H3,(H,16,19)/t14-/m0/s1. The average Bonchev–Trinajstić information content (AvgIpc) is 2.48. The van der Waals surface area contributed by atoms with Crippen LogP contribution < -0.4 is 5.32 Å². The van der Waals surface area contributed by atoms with Crippen LogP contribution in [0.15, 0.2) is 30.3 Å². The van der Waals surface area contributed by atoms with Gasteiger partial charge in [-0.25, -0.2) is 4.79 Å². The van der Waals surface area contributed by atoms with E-state index in [2.05, 4.69) is 42.0 Å². The lowest BCUT2D eigenvalue weighted by molar-refractivity contribution is 0.152. The van der Waals surface area contributed by atoms with Crippen molar-refractivity contribution in [1.82, 2.24) is 15.1 Å². The first-order valence-corrected chi connectivity index (χ1v) is 7.71. The molecule has 1 N–H and O–H groups in total. The minimum absolute atomic E-state index is 0.0353. The van der Waals surface area contributed by atoms with Crippen LogP contribution in [0.3, 0.4) is 0 Å². The normalized spacial score (nSPS) is 17.8. The van der Waals surface area contributed by atoms with Crippen LogP contribution in [0.4, 0.5) is 4.79 Å². The summed E-state index contributed by atoms with van der Waals surface area (Å²) in [5.41, 5.74) is 1.23. The lowest BCUT2D eigenvalue weighted by atomic mass is 10.1. The third-order valence-corrected chi connectivity index (χ3v) is 4.10. The van der Waals surface area contributed by atoms with Gasteiger partial charge in [0, 0.05) is 38.0 Å². The highest BCUT2D eigenvalue weighted by atomic mass is 32.1. The molecule has 110 valence electrons. The van der Waals surface area contributed by atoms with Crippen molar-refractivity contribution in [3.8, 4) is 0 Å². The molecule has 4 nitrogen and oxygen atoms in total. The lowest BCUT2D eigenvalue weighted by Gasteiger charge is -2.33. The van der Waals surface area contributed by atoms with E-state index in [0.717, 1.165) is 32.6 Å². The van der Waals surface area contributed by atoms with Crippen molar-refractivity contribution >= 4 is 18.7 Å². The molecule has 1 saturated heterocycles. The van der Waals surface area contributed by atoms with Crippen molar-refractivity contribution < 1.29 is 4.79 Å². The molecule has 0 aromatic heterocycles. The third kappa shape index (κ3) is 4.42. The Balaban J connectivity index is 1.85. The molecule has 0 radical (unpaired) electrons. The number of likely N-dealkylation sites (N-methyl/N-ethyl adjacent to an activating group) is 1. The number of amides is 2. The van der Waals surface area contributed by atoms with Crippen LogP contribution in [0.1, 0.15) is 5.56 Å². The number of urea groups is 1. The monoisotopic (exact) mass is 293 g/mol. The summed E-state index contributed by atoms with van der Waals surface area (Å²) in [6.45, 7) is 3.48. The van der Waals surface area contributed by atoms with Crippen LogP contribution in [0.2, 0.25) is 0 Å². The molecule has 1 aromatic carbocycles. The van der Waals surface area contributed by atoms with E-state index in [1.54, 1.807) is 0 Å². The number of nitrogens with one attached hydrogen (secondary N) is 1. The molecule has 0 unspecified atom stereocenters. The fourth-order valence-electron chi connectivity index (χ4n) is 2.34. The van der Waals surface area contributed by atoms with Crippen LogP contribution in [0, 0.1) is 0 Å². The van der Waals surface area contributed by atoms with Gasteiger partial charge in [-0.15, -0.1) is 0 Å². The number of carbonyl (C=O) groups is 1. The van der Waals surface area contributed by atoms with Gasteiger partial charge in [-0.3, -0.25) is 0 Å². The molecule has 1 aliphatic heterocycles. The average molecular weight is 293 g/mol. The molecule has 0 saturated carbocycles. The number of benzene rings is 1. The largest absolute Gasteiger partial charge is 0.334 e. The van der Waals surface area contributed by atoms with Gasteiger partial charge in [-0.1, -0.05) is 30.3 Å². The number of hydrogen-bond acceptors (Lipinski definition) is 3. The number of piperazine rings is 1. The second kappa shape index (κ2) is 7.55. The quantitative estimate of drug-likeness (QED) is 0.825. The van der Waals surface area contributed by atoms with E-state index in [9.17, 15) is 4.79 Å². The highest BCUT2D eigenvalue weighted by Gasteiger charge is 2.21. The second-order valence-electron chi connectivity index (χ2n) is 5.31. The summed E-state index contributed by atoms with van der Waals surface area (Å²) in [7, 11) is 2.08. The van der Waals surface area contributed by atoms with E-state index in [0.29, 0.717) is 5.75 Å². The molecule has 1 fully saturated rings.